The second-order valence-electron chi connectivity index (χ2n) is 9.60. The zero-order chi connectivity index (χ0) is 24.8. The molecule has 0 aliphatic carbocycles. The first-order valence-corrected chi connectivity index (χ1v) is 12.5. The maximum absolute atomic E-state index is 15.4. The Balaban J connectivity index is 1.30. The van der Waals surface area contributed by atoms with Crippen molar-refractivity contribution in [2.24, 2.45) is 11.8 Å². The number of aromatic amines is 1. The van der Waals surface area contributed by atoms with Gasteiger partial charge in [-0.2, -0.15) is 5.10 Å². The van der Waals surface area contributed by atoms with Gasteiger partial charge < -0.3 is 14.7 Å². The molecular formula is C27H35FN4O3. The van der Waals surface area contributed by atoms with E-state index in [-0.39, 0.29) is 5.92 Å². The number of methoxy groups -OCH3 is 1. The third kappa shape index (κ3) is 6.17. The quantitative estimate of drug-likeness (QED) is 0.369. The number of aliphatic carboxylic acids is 1. The number of aromatic nitrogens is 3. The molecule has 2 aromatic heterocycles. The minimum absolute atomic E-state index is 0.0155. The number of nitrogens with zero attached hydrogens (tertiary/aromatic N) is 3. The standard InChI is InChI=1S/C27H35FN4O3/c1-18-20(16-30-31-18)5-3-4-13-32-14-11-19(24(17-32)27(33)34)6-8-25(28)22-10-12-29-26-9-7-21(35-2)15-23(22)26/h7,9-10,12,15-16,19,24-25H,3-6,8,11,13-14,17H2,1-2H3,(H,30,31)(H,33,34)/t19-,24+,25?/m1/s1. The van der Waals surface area contributed by atoms with Crippen LogP contribution in [0, 0.1) is 18.8 Å². The van der Waals surface area contributed by atoms with Crippen molar-refractivity contribution in [2.75, 3.05) is 26.7 Å². The van der Waals surface area contributed by atoms with Crippen molar-refractivity contribution in [3.63, 3.8) is 0 Å². The third-order valence-corrected chi connectivity index (χ3v) is 7.37. The summed E-state index contributed by atoms with van der Waals surface area (Å²) in [6.45, 7) is 4.33. The number of halogens is 1. The zero-order valence-electron chi connectivity index (χ0n) is 20.5. The average molecular weight is 483 g/mol. The third-order valence-electron chi connectivity index (χ3n) is 7.37. The number of pyridine rings is 1. The normalized spacial score (nSPS) is 19.6. The van der Waals surface area contributed by atoms with E-state index in [0.717, 1.165) is 55.4 Å². The van der Waals surface area contributed by atoms with Gasteiger partial charge in [0.05, 0.1) is 24.7 Å². The van der Waals surface area contributed by atoms with Crippen LogP contribution in [0.5, 0.6) is 5.75 Å². The second-order valence-corrected chi connectivity index (χ2v) is 9.60. The number of likely N-dealkylation sites (tertiary alicyclic amines) is 1. The number of benzene rings is 1. The molecule has 35 heavy (non-hydrogen) atoms. The molecule has 1 fully saturated rings. The Morgan fingerprint density at radius 1 is 1.34 bits per heavy atom. The molecule has 0 bridgehead atoms. The van der Waals surface area contributed by atoms with E-state index in [4.69, 9.17) is 4.74 Å². The minimum atomic E-state index is -1.17. The average Bonchev–Trinajstić information content (AvgIpc) is 3.29. The Labute approximate surface area is 205 Å². The van der Waals surface area contributed by atoms with Crippen molar-refractivity contribution in [1.29, 1.82) is 0 Å². The van der Waals surface area contributed by atoms with Crippen LogP contribution in [-0.4, -0.2) is 57.9 Å². The molecule has 188 valence electrons. The fraction of sp³-hybridized carbons (Fsp3) is 0.519. The number of ether oxygens (including phenoxy) is 1. The van der Waals surface area contributed by atoms with E-state index >= 15 is 4.39 Å². The van der Waals surface area contributed by atoms with Crippen LogP contribution in [0.15, 0.2) is 36.7 Å². The molecule has 8 heteroatoms. The lowest BCUT2D eigenvalue weighted by atomic mass is 9.81. The Hall–Kier alpha value is -3.00. The lowest BCUT2D eigenvalue weighted by Crippen LogP contribution is -2.44. The number of H-pyrrole nitrogens is 1. The Morgan fingerprint density at radius 2 is 2.20 bits per heavy atom. The highest BCUT2D eigenvalue weighted by Gasteiger charge is 2.34. The fourth-order valence-electron chi connectivity index (χ4n) is 5.24. The molecule has 1 aliphatic heterocycles. The van der Waals surface area contributed by atoms with Gasteiger partial charge in [0.2, 0.25) is 0 Å². The van der Waals surface area contributed by atoms with Crippen molar-refractivity contribution in [1.82, 2.24) is 20.1 Å². The van der Waals surface area contributed by atoms with Crippen LogP contribution in [0.2, 0.25) is 0 Å². The summed E-state index contributed by atoms with van der Waals surface area (Å²) >= 11 is 0. The number of aryl methyl sites for hydroxylation is 2. The molecule has 0 radical (unpaired) electrons. The van der Waals surface area contributed by atoms with E-state index < -0.39 is 18.1 Å². The molecule has 0 amide bonds. The first-order valence-electron chi connectivity index (χ1n) is 12.5. The number of piperidine rings is 1. The summed E-state index contributed by atoms with van der Waals surface area (Å²) in [5.41, 5.74) is 3.67. The number of carboxylic acids is 1. The van der Waals surface area contributed by atoms with Gasteiger partial charge in [-0.15, -0.1) is 0 Å². The molecule has 1 unspecified atom stereocenters. The molecule has 0 spiro atoms. The minimum Gasteiger partial charge on any atom is -0.497 e. The lowest BCUT2D eigenvalue weighted by molar-refractivity contribution is -0.146. The molecule has 4 rings (SSSR count). The van der Waals surface area contributed by atoms with Crippen LogP contribution >= 0.6 is 0 Å². The van der Waals surface area contributed by atoms with Gasteiger partial charge in [-0.3, -0.25) is 14.9 Å². The molecular weight excluding hydrogens is 447 g/mol. The maximum atomic E-state index is 15.4. The van der Waals surface area contributed by atoms with Crippen LogP contribution in [-0.2, 0) is 11.2 Å². The summed E-state index contributed by atoms with van der Waals surface area (Å²) in [6.07, 6.45) is 7.03. The van der Waals surface area contributed by atoms with E-state index in [1.54, 1.807) is 19.4 Å². The number of carbonyl (C=O) groups is 1. The van der Waals surface area contributed by atoms with E-state index in [0.29, 0.717) is 30.7 Å². The highest BCUT2D eigenvalue weighted by atomic mass is 19.1. The SMILES string of the molecule is COc1ccc2nccc(C(F)CC[C@@H]3CCN(CCCCc4cn[nH]c4C)C[C@@H]3C(=O)O)c2c1. The molecule has 1 saturated heterocycles. The molecule has 1 aliphatic rings. The maximum Gasteiger partial charge on any atom is 0.308 e. The Morgan fingerprint density at radius 3 is 2.94 bits per heavy atom. The van der Waals surface area contributed by atoms with Crippen LogP contribution in [0.25, 0.3) is 10.9 Å². The zero-order valence-corrected chi connectivity index (χ0v) is 20.5. The number of unbranched alkanes of at least 4 members (excludes halogenated alkanes) is 1. The number of fused-ring (bicyclic) bond motifs is 1. The van der Waals surface area contributed by atoms with Crippen LogP contribution in [0.1, 0.15) is 55.1 Å². The summed E-state index contributed by atoms with van der Waals surface area (Å²) in [6, 6.07) is 7.18. The van der Waals surface area contributed by atoms with Gasteiger partial charge in [-0.05, 0) is 99.8 Å². The van der Waals surface area contributed by atoms with Gasteiger partial charge in [0.25, 0.3) is 0 Å². The first kappa shape index (κ1) is 25.1. The van der Waals surface area contributed by atoms with Crippen molar-refractivity contribution in [2.45, 2.75) is 51.6 Å². The summed E-state index contributed by atoms with van der Waals surface area (Å²) in [4.78, 5) is 18.6. The second kappa shape index (κ2) is 11.6. The number of hydrogen-bond acceptors (Lipinski definition) is 5. The molecule has 3 aromatic rings. The topological polar surface area (TPSA) is 91.3 Å². The number of alkyl halides is 1. The van der Waals surface area contributed by atoms with Gasteiger partial charge in [0.1, 0.15) is 11.9 Å². The predicted octanol–water partition coefficient (Wildman–Crippen LogP) is 5.11. The summed E-state index contributed by atoms with van der Waals surface area (Å²) in [7, 11) is 1.59. The molecule has 0 saturated carbocycles. The van der Waals surface area contributed by atoms with Gasteiger partial charge >= 0.3 is 5.97 Å². The molecule has 7 nitrogen and oxygen atoms in total. The summed E-state index contributed by atoms with van der Waals surface area (Å²) < 4.78 is 20.7. The monoisotopic (exact) mass is 482 g/mol. The highest BCUT2D eigenvalue weighted by molar-refractivity contribution is 5.83. The van der Waals surface area contributed by atoms with E-state index in [2.05, 4.69) is 20.1 Å². The molecule has 3 atom stereocenters. The number of carboxylic acid groups (broad SMARTS) is 1. The molecule has 2 N–H and O–H groups in total. The van der Waals surface area contributed by atoms with Crippen molar-refractivity contribution in [3.05, 3.63) is 53.5 Å². The number of hydrogen-bond donors (Lipinski definition) is 2. The van der Waals surface area contributed by atoms with Crippen molar-refractivity contribution in [3.8, 4) is 5.75 Å². The van der Waals surface area contributed by atoms with Gasteiger partial charge in [0, 0.05) is 23.8 Å². The van der Waals surface area contributed by atoms with Crippen LogP contribution in [0.4, 0.5) is 4.39 Å². The van der Waals surface area contributed by atoms with Crippen LogP contribution in [0.3, 0.4) is 0 Å². The lowest BCUT2D eigenvalue weighted by Gasteiger charge is -2.37. The van der Waals surface area contributed by atoms with Gasteiger partial charge in [-0.25, -0.2) is 4.39 Å². The smallest absolute Gasteiger partial charge is 0.308 e. The Bertz CT molecular complexity index is 1130. The highest BCUT2D eigenvalue weighted by Crippen LogP contribution is 2.35. The molecule has 3 heterocycles. The van der Waals surface area contributed by atoms with E-state index in [9.17, 15) is 9.90 Å². The van der Waals surface area contributed by atoms with E-state index in [1.165, 1.54) is 5.56 Å². The summed E-state index contributed by atoms with van der Waals surface area (Å²) in [5.74, 6) is -0.583. The predicted molar refractivity (Wildman–Crippen MR) is 133 cm³/mol. The number of nitrogens with one attached hydrogen (secondary N) is 1. The van der Waals surface area contributed by atoms with Gasteiger partial charge in [-0.1, -0.05) is 0 Å². The largest absolute Gasteiger partial charge is 0.497 e. The first-order chi connectivity index (χ1) is 17.0. The Kier molecular flexibility index (Phi) is 8.33. The fourth-order valence-corrected chi connectivity index (χ4v) is 5.24. The van der Waals surface area contributed by atoms with E-state index in [1.807, 2.05) is 31.3 Å². The van der Waals surface area contributed by atoms with Crippen molar-refractivity contribution < 1.29 is 19.0 Å². The molecule has 1 aromatic carbocycles. The van der Waals surface area contributed by atoms with Gasteiger partial charge in [0.15, 0.2) is 0 Å². The summed E-state index contributed by atoms with van der Waals surface area (Å²) in [5, 5.41) is 17.7. The van der Waals surface area contributed by atoms with Crippen LogP contribution < -0.4 is 4.74 Å². The number of rotatable bonds is 11. The van der Waals surface area contributed by atoms with Crippen molar-refractivity contribution >= 4 is 16.9 Å².